The molecule has 0 saturated carbocycles. The second-order valence-corrected chi connectivity index (χ2v) is 10.3. The number of hydrogen-bond donors (Lipinski definition) is 1. The number of Topliss-reactive ketones (excluding diaryl/α,β-unsaturated/α-hetero) is 1. The fraction of sp³-hybridized carbons (Fsp3) is 0.538. The molecular weight excluding hydrogens is 402 g/mol. The highest BCUT2D eigenvalue weighted by molar-refractivity contribution is 7.13. The molecule has 4 rings (SSSR count). The number of nitrogens with zero attached hydrogens (tertiary/aromatic N) is 2. The van der Waals surface area contributed by atoms with Gasteiger partial charge in [-0.15, -0.1) is 11.3 Å². The van der Waals surface area contributed by atoms with E-state index in [0.29, 0.717) is 18.3 Å². The van der Waals surface area contributed by atoms with Crippen LogP contribution in [0.2, 0.25) is 0 Å². The zero-order chi connectivity index (χ0) is 21.6. The van der Waals surface area contributed by atoms with E-state index < -0.39 is 0 Å². The van der Waals surface area contributed by atoms with Crippen molar-refractivity contribution in [2.24, 2.45) is 5.92 Å². The van der Waals surface area contributed by atoms with Crippen molar-refractivity contribution in [3.05, 3.63) is 52.1 Å². The molecule has 1 aromatic carbocycles. The molecule has 0 amide bonds. The molecule has 1 saturated heterocycles. The summed E-state index contributed by atoms with van der Waals surface area (Å²) < 4.78 is 0. The number of unbranched alkanes of at least 4 members (excludes halogenated alkanes) is 1. The van der Waals surface area contributed by atoms with E-state index in [1.165, 1.54) is 53.7 Å². The van der Waals surface area contributed by atoms with Crippen LogP contribution in [0.1, 0.15) is 78.0 Å². The summed E-state index contributed by atoms with van der Waals surface area (Å²) in [5, 5.41) is 2.45. The van der Waals surface area contributed by atoms with Gasteiger partial charge in [0.2, 0.25) is 0 Å². The number of benzene rings is 1. The Labute approximate surface area is 190 Å². The van der Waals surface area contributed by atoms with Gasteiger partial charge in [-0.1, -0.05) is 38.0 Å². The third-order valence-corrected chi connectivity index (χ3v) is 7.92. The molecule has 0 aliphatic carbocycles. The van der Waals surface area contributed by atoms with Crippen molar-refractivity contribution in [1.29, 1.82) is 0 Å². The lowest BCUT2D eigenvalue weighted by Crippen LogP contribution is -2.18. The lowest BCUT2D eigenvalue weighted by molar-refractivity contribution is 0.0962. The van der Waals surface area contributed by atoms with Gasteiger partial charge in [0.15, 0.2) is 5.78 Å². The van der Waals surface area contributed by atoms with E-state index in [1.807, 2.05) is 6.20 Å². The Morgan fingerprint density at radius 1 is 1.29 bits per heavy atom. The zero-order valence-corrected chi connectivity index (χ0v) is 19.7. The third-order valence-electron chi connectivity index (χ3n) is 6.72. The van der Waals surface area contributed by atoms with E-state index in [0.717, 1.165) is 30.7 Å². The van der Waals surface area contributed by atoms with Crippen LogP contribution in [0.15, 0.2) is 36.7 Å². The number of carbonyl (C=O) groups is 1. The van der Waals surface area contributed by atoms with E-state index in [9.17, 15) is 4.79 Å². The van der Waals surface area contributed by atoms with E-state index in [1.54, 1.807) is 11.3 Å². The summed E-state index contributed by atoms with van der Waals surface area (Å²) in [6.45, 7) is 4.52. The molecule has 5 heteroatoms. The average Bonchev–Trinajstić information content (AvgIpc) is 3.37. The smallest absolute Gasteiger partial charge is 0.174 e. The summed E-state index contributed by atoms with van der Waals surface area (Å²) in [6, 6.07) is 8.46. The monoisotopic (exact) mass is 437 g/mol. The maximum atomic E-state index is 13.2. The highest BCUT2D eigenvalue weighted by Crippen LogP contribution is 2.32. The minimum absolute atomic E-state index is 0.274. The van der Waals surface area contributed by atoms with Gasteiger partial charge in [0.05, 0.1) is 9.88 Å². The number of rotatable bonds is 9. The molecule has 2 aromatic heterocycles. The molecule has 166 valence electrons. The first kappa shape index (κ1) is 22.2. The van der Waals surface area contributed by atoms with Crippen LogP contribution in [0.5, 0.6) is 0 Å². The van der Waals surface area contributed by atoms with Gasteiger partial charge in [0.25, 0.3) is 0 Å². The number of nitrogens with one attached hydrogen (secondary N) is 1. The van der Waals surface area contributed by atoms with Crippen molar-refractivity contribution in [3.63, 3.8) is 0 Å². The maximum Gasteiger partial charge on any atom is 0.174 e. The molecule has 1 fully saturated rings. The second kappa shape index (κ2) is 10.6. The molecule has 1 N–H and O–H groups in total. The van der Waals surface area contributed by atoms with Crippen molar-refractivity contribution < 1.29 is 4.79 Å². The van der Waals surface area contributed by atoms with Crippen LogP contribution in [0.25, 0.3) is 10.9 Å². The Hall–Kier alpha value is -1.98. The number of aromatic amines is 1. The molecule has 0 radical (unpaired) electrons. The van der Waals surface area contributed by atoms with Crippen LogP contribution < -0.4 is 0 Å². The molecule has 3 heterocycles. The van der Waals surface area contributed by atoms with Crippen LogP contribution in [0.3, 0.4) is 0 Å². The molecule has 31 heavy (non-hydrogen) atoms. The Kier molecular flexibility index (Phi) is 7.57. The summed E-state index contributed by atoms with van der Waals surface area (Å²) in [5.41, 5.74) is 2.51. The Morgan fingerprint density at radius 2 is 2.16 bits per heavy atom. The van der Waals surface area contributed by atoms with Gasteiger partial charge < -0.3 is 9.88 Å². The molecule has 1 aliphatic rings. The molecule has 3 aromatic rings. The molecule has 0 spiro atoms. The zero-order valence-electron chi connectivity index (χ0n) is 18.9. The van der Waals surface area contributed by atoms with Gasteiger partial charge in [0, 0.05) is 35.6 Å². The third kappa shape index (κ3) is 5.64. The van der Waals surface area contributed by atoms with Gasteiger partial charge in [-0.3, -0.25) is 4.79 Å². The number of likely N-dealkylation sites (tertiary alicyclic amines) is 1. The number of thiazole rings is 1. The summed E-state index contributed by atoms with van der Waals surface area (Å²) in [4.78, 5) is 24.5. The minimum Gasteiger partial charge on any atom is -0.361 e. The standard InChI is InChI=1S/C26H35N3OS/c1-3-4-8-19(15-21-17-27-23-11-6-5-10-22(21)23)16-24(30)25-18-28-26(31-25)20-9-7-13-29(2)14-12-20/h5-6,10-11,17-20,27H,3-4,7-9,12-16H2,1-2H3. The first-order valence-electron chi connectivity index (χ1n) is 11.9. The summed E-state index contributed by atoms with van der Waals surface area (Å²) in [7, 11) is 2.20. The lowest BCUT2D eigenvalue weighted by Gasteiger charge is -2.15. The number of para-hydroxylation sites is 1. The van der Waals surface area contributed by atoms with Crippen molar-refractivity contribution >= 4 is 28.0 Å². The first-order valence-corrected chi connectivity index (χ1v) is 12.7. The van der Waals surface area contributed by atoms with Crippen molar-refractivity contribution in [2.45, 2.75) is 64.2 Å². The number of fused-ring (bicyclic) bond motifs is 1. The fourth-order valence-corrected chi connectivity index (χ4v) is 5.87. The quantitative estimate of drug-likeness (QED) is 0.392. The molecule has 1 aliphatic heterocycles. The van der Waals surface area contributed by atoms with Gasteiger partial charge in [-0.05, 0) is 69.8 Å². The average molecular weight is 438 g/mol. The summed E-state index contributed by atoms with van der Waals surface area (Å²) in [6.07, 6.45) is 12.5. The lowest BCUT2D eigenvalue weighted by atomic mass is 9.89. The normalized spacial score (nSPS) is 18.8. The Balaban J connectivity index is 1.43. The summed E-state index contributed by atoms with van der Waals surface area (Å²) >= 11 is 1.65. The molecule has 0 bridgehead atoms. The number of ketones is 1. The van der Waals surface area contributed by atoms with Crippen molar-refractivity contribution in [2.75, 3.05) is 20.1 Å². The largest absolute Gasteiger partial charge is 0.361 e. The van der Waals surface area contributed by atoms with E-state index in [4.69, 9.17) is 0 Å². The van der Waals surface area contributed by atoms with Crippen LogP contribution in [0, 0.1) is 5.92 Å². The predicted molar refractivity (Wildman–Crippen MR) is 130 cm³/mol. The molecule has 4 nitrogen and oxygen atoms in total. The number of hydrogen-bond acceptors (Lipinski definition) is 4. The number of aromatic nitrogens is 2. The molecule has 2 atom stereocenters. The van der Waals surface area contributed by atoms with Crippen LogP contribution in [-0.2, 0) is 6.42 Å². The van der Waals surface area contributed by atoms with Gasteiger partial charge in [-0.2, -0.15) is 0 Å². The SMILES string of the molecule is CCCCC(CC(=O)c1cnc(C2CCCN(C)CC2)s1)Cc1c[nH]c2ccccc12. The molecular formula is C26H35N3OS. The summed E-state index contributed by atoms with van der Waals surface area (Å²) in [5.74, 6) is 1.16. The van der Waals surface area contributed by atoms with Crippen molar-refractivity contribution in [1.82, 2.24) is 14.9 Å². The van der Waals surface area contributed by atoms with Gasteiger partial charge in [0.1, 0.15) is 0 Å². The fourth-order valence-electron chi connectivity index (χ4n) is 4.84. The maximum absolute atomic E-state index is 13.2. The number of H-pyrrole nitrogens is 1. The van der Waals surface area contributed by atoms with Gasteiger partial charge in [-0.25, -0.2) is 4.98 Å². The first-order chi connectivity index (χ1) is 15.1. The highest BCUT2D eigenvalue weighted by Gasteiger charge is 2.23. The van der Waals surface area contributed by atoms with Crippen LogP contribution >= 0.6 is 11.3 Å². The van der Waals surface area contributed by atoms with Crippen molar-refractivity contribution in [3.8, 4) is 0 Å². The Bertz CT molecular complexity index is 991. The Morgan fingerprint density at radius 3 is 3.03 bits per heavy atom. The second-order valence-electron chi connectivity index (χ2n) is 9.19. The van der Waals surface area contributed by atoms with Crippen LogP contribution in [-0.4, -0.2) is 40.8 Å². The molecule has 2 unspecified atom stereocenters. The van der Waals surface area contributed by atoms with E-state index >= 15 is 0 Å². The van der Waals surface area contributed by atoms with Gasteiger partial charge >= 0.3 is 0 Å². The van der Waals surface area contributed by atoms with E-state index in [2.05, 4.69) is 59.3 Å². The van der Waals surface area contributed by atoms with E-state index in [-0.39, 0.29) is 5.78 Å². The topological polar surface area (TPSA) is 49.0 Å². The highest BCUT2D eigenvalue weighted by atomic mass is 32.1. The minimum atomic E-state index is 0.274. The predicted octanol–water partition coefficient (Wildman–Crippen LogP) is 6.45. The number of carbonyl (C=O) groups excluding carboxylic acids is 1. The van der Waals surface area contributed by atoms with Crippen LogP contribution in [0.4, 0.5) is 0 Å².